The van der Waals surface area contributed by atoms with Gasteiger partial charge in [0.1, 0.15) is 11.6 Å². The molecule has 9 nitrogen and oxygen atoms in total. The lowest BCUT2D eigenvalue weighted by Crippen LogP contribution is -2.42. The van der Waals surface area contributed by atoms with E-state index in [0.717, 1.165) is 17.3 Å². The van der Waals surface area contributed by atoms with Gasteiger partial charge in [-0.2, -0.15) is 0 Å². The fourth-order valence-electron chi connectivity index (χ4n) is 3.82. The third-order valence-corrected chi connectivity index (χ3v) is 5.84. The molecule has 0 unspecified atom stereocenters. The Hall–Kier alpha value is -3.62. The fraction of sp³-hybridized carbons (Fsp3) is 0.440. The van der Waals surface area contributed by atoms with Gasteiger partial charge < -0.3 is 15.4 Å². The number of aryl methyl sites for hydroxylation is 1. The molecule has 9 heteroatoms. The first-order valence-electron chi connectivity index (χ1n) is 11.6. The third-order valence-electron chi connectivity index (χ3n) is 5.84. The lowest BCUT2D eigenvalue weighted by molar-refractivity contribution is 0.0984. The maximum atomic E-state index is 13.9. The van der Waals surface area contributed by atoms with Gasteiger partial charge in [0.25, 0.3) is 11.5 Å². The number of hydrogen-bond donors (Lipinski definition) is 2. The minimum atomic E-state index is -0.680. The van der Waals surface area contributed by atoms with Crippen LogP contribution in [0.4, 0.5) is 11.5 Å². The first kappa shape index (κ1) is 25.0. The zero-order chi connectivity index (χ0) is 25.0. The molecule has 3 N–H and O–H groups in total. The molecule has 0 aliphatic carbocycles. The predicted molar refractivity (Wildman–Crippen MR) is 135 cm³/mol. The van der Waals surface area contributed by atoms with Crippen LogP contribution in [0.1, 0.15) is 56.1 Å². The van der Waals surface area contributed by atoms with Crippen LogP contribution in [0.15, 0.2) is 33.9 Å². The molecule has 0 bridgehead atoms. The molecule has 1 aromatic carbocycles. The summed E-state index contributed by atoms with van der Waals surface area (Å²) in [5.41, 5.74) is 6.69. The number of hydrogen-bond acceptors (Lipinski definition) is 6. The van der Waals surface area contributed by atoms with Crippen molar-refractivity contribution >= 4 is 28.3 Å². The normalized spacial score (nSPS) is 11.2. The largest absolute Gasteiger partial charge is 0.497 e. The second-order valence-electron chi connectivity index (χ2n) is 8.82. The van der Waals surface area contributed by atoms with Gasteiger partial charge >= 0.3 is 5.69 Å². The van der Waals surface area contributed by atoms with Crippen LogP contribution < -0.4 is 26.6 Å². The van der Waals surface area contributed by atoms with Gasteiger partial charge in [0.15, 0.2) is 5.69 Å². The van der Waals surface area contributed by atoms with Gasteiger partial charge in [-0.25, -0.2) is 4.79 Å². The molecule has 0 saturated carbocycles. The number of aromatic nitrogens is 3. The van der Waals surface area contributed by atoms with Crippen LogP contribution in [0.5, 0.6) is 5.75 Å². The molecule has 1 amide bonds. The molecule has 2 aromatic heterocycles. The van der Waals surface area contributed by atoms with Crippen molar-refractivity contribution in [3.8, 4) is 5.75 Å². The average molecular weight is 468 g/mol. The number of ether oxygens (including phenoxy) is 1. The van der Waals surface area contributed by atoms with Crippen LogP contribution in [0.3, 0.4) is 0 Å². The van der Waals surface area contributed by atoms with E-state index in [1.807, 2.05) is 39.0 Å². The van der Waals surface area contributed by atoms with Crippen molar-refractivity contribution in [2.24, 2.45) is 5.92 Å². The van der Waals surface area contributed by atoms with Gasteiger partial charge in [0, 0.05) is 18.5 Å². The van der Waals surface area contributed by atoms with Crippen LogP contribution in [0, 0.1) is 12.8 Å². The maximum absolute atomic E-state index is 13.9. The standard InChI is InChI=1S/C25H33N5O4/c1-6-7-11-30-22(26)21(23(31)28-25(30)33)29(12-10-15(2)3)24(32)19-14-17-13-18(34-5)8-9-20(17)27-16(19)4/h8-9,13-15H,6-7,10-12,26H2,1-5H3,(H,28,31,33). The van der Waals surface area contributed by atoms with Crippen molar-refractivity contribution in [3.63, 3.8) is 0 Å². The zero-order valence-corrected chi connectivity index (χ0v) is 20.5. The van der Waals surface area contributed by atoms with Crippen molar-refractivity contribution in [2.75, 3.05) is 24.3 Å². The number of aromatic amines is 1. The van der Waals surface area contributed by atoms with E-state index in [4.69, 9.17) is 10.5 Å². The van der Waals surface area contributed by atoms with Crippen molar-refractivity contribution in [2.45, 2.75) is 53.5 Å². The summed E-state index contributed by atoms with van der Waals surface area (Å²) in [6.45, 7) is 8.45. The molecule has 0 spiro atoms. The van der Waals surface area contributed by atoms with E-state index in [0.29, 0.717) is 36.4 Å². The molecule has 0 aliphatic heterocycles. The molecule has 0 radical (unpaired) electrons. The number of carbonyl (C=O) groups excluding carboxylic acids is 1. The number of fused-ring (bicyclic) bond motifs is 1. The number of unbranched alkanes of at least 4 members (excludes halogenated alkanes) is 1. The number of anilines is 2. The zero-order valence-electron chi connectivity index (χ0n) is 20.5. The lowest BCUT2D eigenvalue weighted by Gasteiger charge is -2.26. The molecule has 0 aliphatic rings. The summed E-state index contributed by atoms with van der Waals surface area (Å²) in [6, 6.07) is 7.20. The van der Waals surface area contributed by atoms with Gasteiger partial charge in [-0.3, -0.25) is 24.1 Å². The van der Waals surface area contributed by atoms with Gasteiger partial charge in [0.2, 0.25) is 0 Å². The Labute approximate surface area is 198 Å². The number of pyridine rings is 1. The van der Waals surface area contributed by atoms with E-state index < -0.39 is 17.2 Å². The molecule has 182 valence electrons. The molecule has 34 heavy (non-hydrogen) atoms. The van der Waals surface area contributed by atoms with Crippen LogP contribution in [0.25, 0.3) is 10.9 Å². The van der Waals surface area contributed by atoms with Crippen LogP contribution in [-0.2, 0) is 6.54 Å². The highest BCUT2D eigenvalue weighted by atomic mass is 16.5. The topological polar surface area (TPSA) is 123 Å². The molecule has 3 rings (SSSR count). The molecule has 0 saturated heterocycles. The number of methoxy groups -OCH3 is 1. The summed E-state index contributed by atoms with van der Waals surface area (Å²) in [5, 5.41) is 0.743. The lowest BCUT2D eigenvalue weighted by atomic mass is 10.1. The minimum absolute atomic E-state index is 0.00706. The monoisotopic (exact) mass is 467 g/mol. The SMILES string of the molecule is CCCCn1c(N)c(N(CCC(C)C)C(=O)c2cc3cc(OC)ccc3nc2C)c(=O)[nH]c1=O. The Morgan fingerprint density at radius 2 is 2.00 bits per heavy atom. The Balaban J connectivity index is 2.17. The molecule has 0 fully saturated rings. The second kappa shape index (κ2) is 10.5. The summed E-state index contributed by atoms with van der Waals surface area (Å²) in [5.74, 6) is 0.527. The Bertz CT molecular complexity index is 1310. The highest BCUT2D eigenvalue weighted by Gasteiger charge is 2.27. The smallest absolute Gasteiger partial charge is 0.330 e. The average Bonchev–Trinajstić information content (AvgIpc) is 2.79. The predicted octanol–water partition coefficient (Wildman–Crippen LogP) is 3.48. The number of amides is 1. The second-order valence-corrected chi connectivity index (χ2v) is 8.82. The number of carbonyl (C=O) groups is 1. The molecular weight excluding hydrogens is 434 g/mol. The summed E-state index contributed by atoms with van der Waals surface area (Å²) < 4.78 is 6.63. The maximum Gasteiger partial charge on any atom is 0.330 e. The number of nitrogens with two attached hydrogens (primary N) is 1. The van der Waals surface area contributed by atoms with Gasteiger partial charge in [-0.05, 0) is 49.9 Å². The molecular formula is C25H33N5O4. The number of nitrogen functional groups attached to an aromatic ring is 1. The minimum Gasteiger partial charge on any atom is -0.497 e. The van der Waals surface area contributed by atoms with Crippen molar-refractivity contribution < 1.29 is 9.53 Å². The highest BCUT2D eigenvalue weighted by Crippen LogP contribution is 2.26. The molecule has 0 atom stereocenters. The Morgan fingerprint density at radius 3 is 2.65 bits per heavy atom. The fourth-order valence-corrected chi connectivity index (χ4v) is 3.82. The van der Waals surface area contributed by atoms with Crippen molar-refractivity contribution in [1.82, 2.24) is 14.5 Å². The highest BCUT2D eigenvalue weighted by molar-refractivity contribution is 6.09. The number of nitrogens with zero attached hydrogens (tertiary/aromatic N) is 3. The molecule has 3 aromatic rings. The van der Waals surface area contributed by atoms with Crippen LogP contribution in [0.2, 0.25) is 0 Å². The first-order valence-corrected chi connectivity index (χ1v) is 11.6. The van der Waals surface area contributed by atoms with E-state index in [2.05, 4.69) is 9.97 Å². The molecule has 2 heterocycles. The Morgan fingerprint density at radius 1 is 1.26 bits per heavy atom. The number of benzene rings is 1. The van der Waals surface area contributed by atoms with E-state index in [1.165, 1.54) is 9.47 Å². The van der Waals surface area contributed by atoms with E-state index in [1.54, 1.807) is 20.1 Å². The summed E-state index contributed by atoms with van der Waals surface area (Å²) >= 11 is 0. The summed E-state index contributed by atoms with van der Waals surface area (Å²) in [6.07, 6.45) is 2.21. The third kappa shape index (κ3) is 5.13. The van der Waals surface area contributed by atoms with E-state index in [9.17, 15) is 14.4 Å². The van der Waals surface area contributed by atoms with Crippen molar-refractivity contribution in [3.05, 3.63) is 56.4 Å². The number of H-pyrrole nitrogens is 1. The number of rotatable bonds is 9. The van der Waals surface area contributed by atoms with Crippen LogP contribution in [-0.4, -0.2) is 34.1 Å². The van der Waals surface area contributed by atoms with Gasteiger partial charge in [-0.15, -0.1) is 0 Å². The summed E-state index contributed by atoms with van der Waals surface area (Å²) in [4.78, 5) is 47.5. The van der Waals surface area contributed by atoms with E-state index >= 15 is 0 Å². The van der Waals surface area contributed by atoms with Gasteiger partial charge in [-0.1, -0.05) is 27.2 Å². The Kier molecular flexibility index (Phi) is 7.75. The summed E-state index contributed by atoms with van der Waals surface area (Å²) in [7, 11) is 1.57. The number of nitrogens with one attached hydrogen (secondary N) is 1. The van der Waals surface area contributed by atoms with E-state index in [-0.39, 0.29) is 24.0 Å². The first-order chi connectivity index (χ1) is 16.2. The quantitative estimate of drug-likeness (QED) is 0.497. The van der Waals surface area contributed by atoms with Crippen molar-refractivity contribution in [1.29, 1.82) is 0 Å². The van der Waals surface area contributed by atoms with Crippen LogP contribution >= 0.6 is 0 Å². The van der Waals surface area contributed by atoms with Gasteiger partial charge in [0.05, 0.1) is 23.9 Å².